The second-order valence-corrected chi connectivity index (χ2v) is 4.80. The molecular weight excluding hydrogens is 268 g/mol. The quantitative estimate of drug-likeness (QED) is 0.319. The highest BCUT2D eigenvalue weighted by atomic mass is 16.5. The van der Waals surface area contributed by atoms with Crippen molar-refractivity contribution in [2.24, 2.45) is 5.92 Å². The number of rotatable bonds is 8. The Hall–Kier alpha value is -2.23. The Morgan fingerprint density at radius 1 is 1.29 bits per heavy atom. The number of allylic oxidation sites excluding steroid dienone is 1. The van der Waals surface area contributed by atoms with E-state index in [1.165, 1.54) is 14.0 Å². The minimum atomic E-state index is -0.870. The Bertz CT molecular complexity index is 545. The molecule has 1 aromatic carbocycles. The highest BCUT2D eigenvalue weighted by Crippen LogP contribution is 2.17. The van der Waals surface area contributed by atoms with Crippen LogP contribution in [0.5, 0.6) is 0 Å². The number of ketones is 2. The third-order valence-corrected chi connectivity index (χ3v) is 3.32. The average Bonchev–Trinajstić information content (AvgIpc) is 2.47. The molecule has 0 bridgehead atoms. The topological polar surface area (TPSA) is 60.4 Å². The Kier molecular flexibility index (Phi) is 6.53. The average molecular weight is 288 g/mol. The monoisotopic (exact) mass is 288 g/mol. The fraction of sp³-hybridized carbons (Fsp3) is 0.353. The first-order valence-electron chi connectivity index (χ1n) is 6.81. The van der Waals surface area contributed by atoms with Gasteiger partial charge in [-0.05, 0) is 25.3 Å². The third kappa shape index (κ3) is 4.67. The van der Waals surface area contributed by atoms with Crippen LogP contribution in [0.4, 0.5) is 0 Å². The maximum absolute atomic E-state index is 12.3. The van der Waals surface area contributed by atoms with Gasteiger partial charge in [0.05, 0.1) is 7.11 Å². The zero-order valence-corrected chi connectivity index (χ0v) is 12.4. The van der Waals surface area contributed by atoms with Gasteiger partial charge in [0.1, 0.15) is 11.7 Å². The van der Waals surface area contributed by atoms with Crippen LogP contribution in [-0.4, -0.2) is 24.6 Å². The highest BCUT2D eigenvalue weighted by Gasteiger charge is 2.25. The summed E-state index contributed by atoms with van der Waals surface area (Å²) in [6.45, 7) is 5.00. The summed E-state index contributed by atoms with van der Waals surface area (Å²) in [5, 5.41) is 0. The lowest BCUT2D eigenvalue weighted by Gasteiger charge is -2.11. The van der Waals surface area contributed by atoms with Crippen molar-refractivity contribution in [1.82, 2.24) is 0 Å². The summed E-state index contributed by atoms with van der Waals surface area (Å²) >= 11 is 0. The van der Waals surface area contributed by atoms with E-state index < -0.39 is 11.9 Å². The zero-order valence-electron chi connectivity index (χ0n) is 12.4. The van der Waals surface area contributed by atoms with Crippen LogP contribution in [0, 0.1) is 5.92 Å². The van der Waals surface area contributed by atoms with E-state index in [1.807, 2.05) is 12.1 Å². The lowest BCUT2D eigenvalue weighted by Crippen LogP contribution is -2.24. The van der Waals surface area contributed by atoms with E-state index in [4.69, 9.17) is 0 Å². The molecule has 0 saturated heterocycles. The second kappa shape index (κ2) is 8.15. The second-order valence-electron chi connectivity index (χ2n) is 4.80. The van der Waals surface area contributed by atoms with E-state index in [0.29, 0.717) is 12.0 Å². The molecule has 21 heavy (non-hydrogen) atoms. The summed E-state index contributed by atoms with van der Waals surface area (Å²) in [6, 6.07) is 7.28. The van der Waals surface area contributed by atoms with Crippen LogP contribution in [0.2, 0.25) is 0 Å². The molecule has 0 amide bonds. The number of carbonyl (C=O) groups is 3. The highest BCUT2D eigenvalue weighted by molar-refractivity contribution is 6.00. The van der Waals surface area contributed by atoms with Gasteiger partial charge in [-0.1, -0.05) is 30.3 Å². The van der Waals surface area contributed by atoms with Gasteiger partial charge in [-0.15, -0.1) is 6.58 Å². The van der Waals surface area contributed by atoms with Gasteiger partial charge >= 0.3 is 5.97 Å². The molecule has 0 aliphatic rings. The number of Topliss-reactive ketones (excluding diaryl/α,β-unsaturated/α-hetero) is 2. The summed E-state index contributed by atoms with van der Waals surface area (Å²) in [5.41, 5.74) is 1.51. The fourth-order valence-electron chi connectivity index (χ4n) is 2.17. The molecule has 0 heterocycles. The van der Waals surface area contributed by atoms with Crippen LogP contribution in [0.1, 0.15) is 35.7 Å². The summed E-state index contributed by atoms with van der Waals surface area (Å²) in [4.78, 5) is 35.2. The van der Waals surface area contributed by atoms with Crippen molar-refractivity contribution >= 4 is 17.5 Å². The van der Waals surface area contributed by atoms with Crippen molar-refractivity contribution in [2.75, 3.05) is 7.11 Å². The van der Waals surface area contributed by atoms with Crippen molar-refractivity contribution in [3.8, 4) is 0 Å². The lowest BCUT2D eigenvalue weighted by molar-refractivity contribution is -0.149. The number of esters is 1. The molecule has 0 aliphatic carbocycles. The lowest BCUT2D eigenvalue weighted by atomic mass is 9.93. The number of hydrogen-bond donors (Lipinski definition) is 0. The number of ether oxygens (including phenoxy) is 1. The van der Waals surface area contributed by atoms with Crippen LogP contribution < -0.4 is 0 Å². The number of hydrogen-bond acceptors (Lipinski definition) is 4. The molecular formula is C17H20O4. The first-order chi connectivity index (χ1) is 10.0. The van der Waals surface area contributed by atoms with Crippen LogP contribution >= 0.6 is 0 Å². The smallest absolute Gasteiger partial charge is 0.316 e. The fourth-order valence-corrected chi connectivity index (χ4v) is 2.17. The summed E-state index contributed by atoms with van der Waals surface area (Å²) in [5.74, 6) is -1.82. The molecule has 0 fully saturated rings. The van der Waals surface area contributed by atoms with E-state index in [9.17, 15) is 14.4 Å². The number of benzene rings is 1. The molecule has 0 N–H and O–H groups in total. The van der Waals surface area contributed by atoms with Crippen LogP contribution in [0.15, 0.2) is 36.9 Å². The Morgan fingerprint density at radius 3 is 2.52 bits per heavy atom. The first-order valence-corrected chi connectivity index (χ1v) is 6.81. The number of methoxy groups -OCH3 is 1. The molecule has 1 atom stereocenters. The standard InChI is InChI=1S/C17H20O4/c1-4-7-13-8-5-6-9-15(13)16(19)11-10-14(12(2)18)17(20)21-3/h4-6,8-9,14H,1,7,10-11H2,2-3H3. The Balaban J connectivity index is 2.79. The van der Waals surface area contributed by atoms with Crippen molar-refractivity contribution in [1.29, 1.82) is 0 Å². The summed E-state index contributed by atoms with van der Waals surface area (Å²) in [7, 11) is 1.24. The Morgan fingerprint density at radius 2 is 1.95 bits per heavy atom. The molecule has 112 valence electrons. The van der Waals surface area contributed by atoms with Crippen LogP contribution in [0.3, 0.4) is 0 Å². The minimum Gasteiger partial charge on any atom is -0.468 e. The van der Waals surface area contributed by atoms with E-state index in [-0.39, 0.29) is 24.4 Å². The molecule has 0 aliphatic heterocycles. The third-order valence-electron chi connectivity index (χ3n) is 3.32. The van der Waals surface area contributed by atoms with Gasteiger partial charge in [-0.3, -0.25) is 14.4 Å². The molecule has 0 spiro atoms. The molecule has 0 saturated carbocycles. The number of carbonyl (C=O) groups excluding carboxylic acids is 3. The van der Waals surface area contributed by atoms with Gasteiger partial charge in [-0.25, -0.2) is 0 Å². The maximum atomic E-state index is 12.3. The van der Waals surface area contributed by atoms with Crippen molar-refractivity contribution < 1.29 is 19.1 Å². The Labute approximate surface area is 124 Å². The molecule has 0 radical (unpaired) electrons. The van der Waals surface area contributed by atoms with Gasteiger partial charge in [0.2, 0.25) is 0 Å². The predicted octanol–water partition coefficient (Wildman–Crippen LogP) is 2.76. The molecule has 1 unspecified atom stereocenters. The van der Waals surface area contributed by atoms with Crippen molar-refractivity contribution in [3.05, 3.63) is 48.0 Å². The van der Waals surface area contributed by atoms with Gasteiger partial charge in [0.25, 0.3) is 0 Å². The van der Waals surface area contributed by atoms with Crippen LogP contribution in [0.25, 0.3) is 0 Å². The molecule has 4 heteroatoms. The largest absolute Gasteiger partial charge is 0.468 e. The van der Waals surface area contributed by atoms with Crippen molar-refractivity contribution in [3.63, 3.8) is 0 Å². The van der Waals surface area contributed by atoms with Crippen LogP contribution in [-0.2, 0) is 20.7 Å². The van der Waals surface area contributed by atoms with Gasteiger partial charge in [-0.2, -0.15) is 0 Å². The van der Waals surface area contributed by atoms with E-state index in [2.05, 4.69) is 11.3 Å². The van der Waals surface area contributed by atoms with Gasteiger partial charge in [0, 0.05) is 12.0 Å². The van der Waals surface area contributed by atoms with E-state index in [0.717, 1.165) is 5.56 Å². The molecule has 1 rings (SSSR count). The summed E-state index contributed by atoms with van der Waals surface area (Å²) in [6.07, 6.45) is 2.64. The maximum Gasteiger partial charge on any atom is 0.316 e. The van der Waals surface area contributed by atoms with Gasteiger partial charge in [0.15, 0.2) is 5.78 Å². The minimum absolute atomic E-state index is 0.0809. The first kappa shape index (κ1) is 16.8. The zero-order chi connectivity index (χ0) is 15.8. The molecule has 0 aromatic heterocycles. The molecule has 1 aromatic rings. The SMILES string of the molecule is C=CCc1ccccc1C(=O)CCC(C(C)=O)C(=O)OC. The molecule has 4 nitrogen and oxygen atoms in total. The van der Waals surface area contributed by atoms with Crippen molar-refractivity contribution in [2.45, 2.75) is 26.2 Å². The normalized spacial score (nSPS) is 11.5. The summed E-state index contributed by atoms with van der Waals surface area (Å²) < 4.78 is 4.59. The predicted molar refractivity (Wildman–Crippen MR) is 80.1 cm³/mol. The van der Waals surface area contributed by atoms with E-state index >= 15 is 0 Å². The van der Waals surface area contributed by atoms with E-state index in [1.54, 1.807) is 18.2 Å². The van der Waals surface area contributed by atoms with Gasteiger partial charge < -0.3 is 4.74 Å².